The Kier molecular flexibility index (Phi) is 14.6. The summed E-state index contributed by atoms with van der Waals surface area (Å²) in [5.41, 5.74) is 5.07. The molecule has 1 heterocycles. The fourth-order valence-corrected chi connectivity index (χ4v) is 6.07. The number of hydrogen-bond donors (Lipinski definition) is 1. The van der Waals surface area contributed by atoms with Crippen LogP contribution in [0.5, 0.6) is 0 Å². The van der Waals surface area contributed by atoms with Gasteiger partial charge in [0.1, 0.15) is 0 Å². The van der Waals surface area contributed by atoms with Crippen molar-refractivity contribution in [3.63, 3.8) is 0 Å². The van der Waals surface area contributed by atoms with Crippen molar-refractivity contribution in [2.45, 2.75) is 78.2 Å². The van der Waals surface area contributed by atoms with Crippen LogP contribution in [0.15, 0.2) is 91.0 Å². The van der Waals surface area contributed by atoms with E-state index in [9.17, 15) is 19.2 Å². The number of hydrogen-bond acceptors (Lipinski definition) is 5. The number of allylic oxidation sites excluding steroid dienone is 1. The monoisotopic (exact) mass is 650 g/mol. The molecule has 0 saturated carbocycles. The molecule has 7 nitrogen and oxygen atoms in total. The predicted octanol–water partition coefficient (Wildman–Crippen LogP) is 7.07. The third kappa shape index (κ3) is 11.3. The molecule has 1 N–H and O–H groups in total. The average Bonchev–Trinajstić information content (AvgIpc) is 3.42. The molecule has 4 rings (SSSR count). The first kappa shape index (κ1) is 36.3. The Hall–Kier alpha value is -4.52. The van der Waals surface area contributed by atoms with Gasteiger partial charge in [0.05, 0.1) is 19.1 Å². The number of amides is 2. The van der Waals surface area contributed by atoms with Gasteiger partial charge in [0.25, 0.3) is 5.91 Å². The fourth-order valence-electron chi connectivity index (χ4n) is 6.07. The van der Waals surface area contributed by atoms with E-state index >= 15 is 0 Å². The third-order valence-corrected chi connectivity index (χ3v) is 8.87. The predicted molar refractivity (Wildman–Crippen MR) is 189 cm³/mol. The summed E-state index contributed by atoms with van der Waals surface area (Å²) in [6.07, 6.45) is 9.78. The molecule has 0 aliphatic carbocycles. The Bertz CT molecular complexity index is 1520. The number of aryl methyl sites for hydroxylation is 2. The van der Waals surface area contributed by atoms with Gasteiger partial charge in [0.15, 0.2) is 5.78 Å². The molecule has 1 aliphatic rings. The van der Waals surface area contributed by atoms with E-state index in [0.29, 0.717) is 45.4 Å². The minimum absolute atomic E-state index is 0.00653. The number of nitrogens with zero attached hydrogens (tertiary/aromatic N) is 1. The molecule has 3 aromatic carbocycles. The van der Waals surface area contributed by atoms with Crippen molar-refractivity contribution in [2.24, 2.45) is 11.8 Å². The number of Topliss-reactive ketones (excluding diaryl/α,β-unsaturated/α-hetero) is 1. The molecule has 0 radical (unpaired) electrons. The first-order chi connectivity index (χ1) is 23.4. The summed E-state index contributed by atoms with van der Waals surface area (Å²) in [5, 5.41) is 2.88. The van der Waals surface area contributed by atoms with Crippen LogP contribution in [0.3, 0.4) is 0 Å². The lowest BCUT2D eigenvalue weighted by Crippen LogP contribution is -2.37. The fraction of sp³-hybridized carbons (Fsp3) is 0.415. The van der Waals surface area contributed by atoms with Gasteiger partial charge in [-0.15, -0.1) is 0 Å². The quantitative estimate of drug-likeness (QED) is 0.0803. The Labute approximate surface area is 285 Å². The van der Waals surface area contributed by atoms with Crippen LogP contribution in [0.2, 0.25) is 0 Å². The first-order valence-corrected chi connectivity index (χ1v) is 17.5. The molecule has 0 saturated heterocycles. The molecule has 0 bridgehead atoms. The number of benzene rings is 3. The number of ketones is 1. The maximum absolute atomic E-state index is 13.6. The van der Waals surface area contributed by atoms with E-state index < -0.39 is 11.8 Å². The Balaban J connectivity index is 1.43. The zero-order valence-corrected chi connectivity index (χ0v) is 28.5. The van der Waals surface area contributed by atoms with E-state index in [1.807, 2.05) is 73.7 Å². The maximum Gasteiger partial charge on any atom is 0.309 e. The van der Waals surface area contributed by atoms with Gasteiger partial charge in [0, 0.05) is 31.0 Å². The van der Waals surface area contributed by atoms with Gasteiger partial charge in [0.2, 0.25) is 5.91 Å². The zero-order chi connectivity index (χ0) is 34.1. The highest BCUT2D eigenvalue weighted by atomic mass is 16.5. The molecule has 2 amide bonds. The molecule has 0 spiro atoms. The van der Waals surface area contributed by atoms with Gasteiger partial charge in [-0.05, 0) is 66.8 Å². The van der Waals surface area contributed by atoms with E-state index in [2.05, 4.69) is 36.5 Å². The van der Waals surface area contributed by atoms with Gasteiger partial charge in [-0.25, -0.2) is 0 Å². The summed E-state index contributed by atoms with van der Waals surface area (Å²) >= 11 is 0. The second-order valence-corrected chi connectivity index (χ2v) is 12.7. The maximum atomic E-state index is 13.6. The molecule has 3 aromatic rings. The summed E-state index contributed by atoms with van der Waals surface area (Å²) in [5.74, 6) is -1.64. The van der Waals surface area contributed by atoms with Crippen LogP contribution >= 0.6 is 0 Å². The van der Waals surface area contributed by atoms with Gasteiger partial charge in [-0.3, -0.25) is 19.2 Å². The molecule has 0 fully saturated rings. The van der Waals surface area contributed by atoms with E-state index in [4.69, 9.17) is 4.74 Å². The number of rotatable bonds is 20. The number of nitrogens with one attached hydrogen (secondary N) is 1. The molecule has 0 aromatic heterocycles. The highest BCUT2D eigenvalue weighted by Gasteiger charge is 2.29. The van der Waals surface area contributed by atoms with Crippen LogP contribution < -0.4 is 5.32 Å². The lowest BCUT2D eigenvalue weighted by molar-refractivity contribution is -0.149. The highest BCUT2D eigenvalue weighted by molar-refractivity contribution is 5.98. The van der Waals surface area contributed by atoms with Crippen molar-refractivity contribution in [2.75, 3.05) is 19.7 Å². The number of fused-ring (bicyclic) bond motifs is 1. The molecule has 1 unspecified atom stereocenters. The van der Waals surface area contributed by atoms with Crippen LogP contribution in [-0.2, 0) is 44.9 Å². The van der Waals surface area contributed by atoms with E-state index in [1.54, 1.807) is 4.90 Å². The largest absolute Gasteiger partial charge is 0.465 e. The van der Waals surface area contributed by atoms with E-state index in [0.717, 1.165) is 47.9 Å². The molecule has 1 aliphatic heterocycles. The summed E-state index contributed by atoms with van der Waals surface area (Å²) in [7, 11) is 0. The van der Waals surface area contributed by atoms with Crippen LogP contribution in [0, 0.1) is 11.8 Å². The highest BCUT2D eigenvalue weighted by Crippen LogP contribution is 2.25. The number of esters is 1. The van der Waals surface area contributed by atoms with Crippen molar-refractivity contribution < 1.29 is 23.9 Å². The standard InChI is InChI=1S/C41H50N2O5/c1-3-5-26-48-41(47)35(16-11-12-25-43-30-36-17-9-10-18-38(36)40(43)46)28-34(24-23-32-21-19-31(13-4-2)20-22-32)39(45)42-29-37(44)27-33-14-7-6-8-15-33/h6-12,14-15,17-22,34-35H,3-5,13,16,23-30H2,1-2H3,(H,42,45)/b12-11+/t34-,35?/m1/s1. The van der Waals surface area contributed by atoms with Crippen LogP contribution in [-0.4, -0.2) is 48.2 Å². The van der Waals surface area contributed by atoms with Crippen molar-refractivity contribution in [3.8, 4) is 0 Å². The van der Waals surface area contributed by atoms with Gasteiger partial charge in [-0.1, -0.05) is 112 Å². The third-order valence-electron chi connectivity index (χ3n) is 8.87. The minimum atomic E-state index is -0.535. The number of unbranched alkanes of at least 4 members (excludes halogenated alkanes) is 1. The second-order valence-electron chi connectivity index (χ2n) is 12.7. The summed E-state index contributed by atoms with van der Waals surface area (Å²) in [4.78, 5) is 54.3. The van der Waals surface area contributed by atoms with Crippen molar-refractivity contribution in [1.82, 2.24) is 10.2 Å². The van der Waals surface area contributed by atoms with Crippen molar-refractivity contribution in [3.05, 3.63) is 119 Å². The summed E-state index contributed by atoms with van der Waals surface area (Å²) < 4.78 is 5.66. The molecule has 7 heteroatoms. The van der Waals surface area contributed by atoms with Crippen molar-refractivity contribution in [1.29, 1.82) is 0 Å². The molecular weight excluding hydrogens is 600 g/mol. The number of carbonyl (C=O) groups excluding carboxylic acids is 4. The van der Waals surface area contributed by atoms with E-state index in [1.165, 1.54) is 5.56 Å². The SMILES string of the molecule is CCCCOC(=O)C(C/C=C/CN1Cc2ccccc2C1=O)C[C@@H](CCc1ccc(CCC)cc1)C(=O)NCC(=O)Cc1ccccc1. The lowest BCUT2D eigenvalue weighted by atomic mass is 9.87. The Morgan fingerprint density at radius 2 is 1.54 bits per heavy atom. The normalized spacial score (nSPS) is 13.7. The summed E-state index contributed by atoms with van der Waals surface area (Å²) in [6.45, 7) is 5.48. The van der Waals surface area contributed by atoms with Gasteiger partial charge < -0.3 is 15.0 Å². The van der Waals surface area contributed by atoms with Crippen molar-refractivity contribution >= 4 is 23.6 Å². The zero-order valence-electron chi connectivity index (χ0n) is 28.5. The lowest BCUT2D eigenvalue weighted by Gasteiger charge is -2.22. The van der Waals surface area contributed by atoms with Crippen LogP contribution in [0.1, 0.15) is 85.0 Å². The van der Waals surface area contributed by atoms with E-state index in [-0.39, 0.29) is 36.5 Å². The second kappa shape index (κ2) is 19.3. The minimum Gasteiger partial charge on any atom is -0.465 e. The number of carbonyl (C=O) groups is 4. The smallest absolute Gasteiger partial charge is 0.309 e. The molecule has 254 valence electrons. The Morgan fingerprint density at radius 1 is 0.833 bits per heavy atom. The first-order valence-electron chi connectivity index (χ1n) is 17.5. The van der Waals surface area contributed by atoms with Crippen LogP contribution in [0.4, 0.5) is 0 Å². The molecular formula is C41H50N2O5. The van der Waals surface area contributed by atoms with Crippen LogP contribution in [0.25, 0.3) is 0 Å². The van der Waals surface area contributed by atoms with Gasteiger partial charge in [-0.2, -0.15) is 0 Å². The van der Waals surface area contributed by atoms with Gasteiger partial charge >= 0.3 is 5.97 Å². The summed E-state index contributed by atoms with van der Waals surface area (Å²) in [6, 6.07) is 25.6. The topological polar surface area (TPSA) is 92.8 Å². The molecule has 2 atom stereocenters. The number of ether oxygens (including phenoxy) is 1. The Morgan fingerprint density at radius 3 is 2.25 bits per heavy atom. The molecule has 48 heavy (non-hydrogen) atoms. The average molecular weight is 651 g/mol.